The summed E-state index contributed by atoms with van der Waals surface area (Å²) < 4.78 is 67.7. The van der Waals surface area contributed by atoms with Gasteiger partial charge in [0.1, 0.15) is 5.56 Å². The van der Waals surface area contributed by atoms with Gasteiger partial charge in [-0.15, -0.1) is 0 Å². The summed E-state index contributed by atoms with van der Waals surface area (Å²) in [5, 5.41) is 16.9. The van der Waals surface area contributed by atoms with Gasteiger partial charge >= 0.3 is 6.18 Å². The average molecular weight is 482 g/mol. The Morgan fingerprint density at radius 1 is 1.15 bits per heavy atom. The topological polar surface area (TPSA) is 122 Å². The van der Waals surface area contributed by atoms with Crippen molar-refractivity contribution in [2.24, 2.45) is 0 Å². The molecule has 0 radical (unpaired) electrons. The number of anilines is 2. The van der Waals surface area contributed by atoms with Crippen molar-refractivity contribution in [2.75, 3.05) is 12.4 Å². The molecule has 3 N–H and O–H groups in total. The lowest BCUT2D eigenvalue weighted by Crippen LogP contribution is -2.18. The van der Waals surface area contributed by atoms with Gasteiger partial charge in [0, 0.05) is 24.0 Å². The van der Waals surface area contributed by atoms with Crippen LogP contribution in [0.3, 0.4) is 0 Å². The molecular formula is C20H21F3N6O3S. The van der Waals surface area contributed by atoms with Gasteiger partial charge in [-0.3, -0.25) is 0 Å². The number of aromatic nitrogens is 4. The van der Waals surface area contributed by atoms with Gasteiger partial charge in [0.15, 0.2) is 5.82 Å². The quantitative estimate of drug-likeness (QED) is 0.494. The van der Waals surface area contributed by atoms with Gasteiger partial charge in [0.05, 0.1) is 17.2 Å². The fourth-order valence-corrected chi connectivity index (χ4v) is 4.48. The number of benzene rings is 1. The number of aliphatic hydroxyl groups is 1. The Labute approximate surface area is 187 Å². The summed E-state index contributed by atoms with van der Waals surface area (Å²) >= 11 is 0. The molecule has 2 atom stereocenters. The molecule has 1 aromatic carbocycles. The van der Waals surface area contributed by atoms with Gasteiger partial charge < -0.3 is 10.4 Å². The van der Waals surface area contributed by atoms with E-state index in [2.05, 4.69) is 25.1 Å². The van der Waals surface area contributed by atoms with Crippen LogP contribution in [0, 0.1) is 0 Å². The van der Waals surface area contributed by atoms with E-state index in [0.717, 1.165) is 17.5 Å². The maximum atomic E-state index is 13.6. The van der Waals surface area contributed by atoms with E-state index in [1.807, 2.05) is 0 Å². The standard InChI is InChI=1S/C20H21F3N6O3S/c1-24-33(31,32)14-7-5-13(6-8-14)27-19-25-10-16(20(21,22)23)18(28-19)29-11-12(9-26-29)15-3-2-4-17(15)30/h5-11,15,17,24,30H,2-4H2,1H3,(H,25,27,28). The van der Waals surface area contributed by atoms with Gasteiger partial charge in [0.25, 0.3) is 0 Å². The van der Waals surface area contributed by atoms with Crippen LogP contribution in [-0.4, -0.2) is 46.4 Å². The minimum absolute atomic E-state index is 0.0303. The summed E-state index contributed by atoms with van der Waals surface area (Å²) in [6.07, 6.45) is 0.483. The van der Waals surface area contributed by atoms with Gasteiger partial charge in [-0.1, -0.05) is 6.42 Å². The molecule has 2 heterocycles. The third-order valence-corrected chi connectivity index (χ3v) is 6.92. The second kappa shape index (κ2) is 8.72. The fourth-order valence-electron chi connectivity index (χ4n) is 3.75. The predicted octanol–water partition coefficient (Wildman–Crippen LogP) is 2.96. The van der Waals surface area contributed by atoms with E-state index in [1.165, 1.54) is 43.7 Å². The molecule has 0 amide bonds. The van der Waals surface area contributed by atoms with Gasteiger partial charge in [-0.2, -0.15) is 23.3 Å². The van der Waals surface area contributed by atoms with Gasteiger partial charge in [-0.25, -0.2) is 22.8 Å². The molecule has 1 fully saturated rings. The third kappa shape index (κ3) is 4.84. The first kappa shape index (κ1) is 23.1. The monoisotopic (exact) mass is 482 g/mol. The lowest BCUT2D eigenvalue weighted by atomic mass is 9.99. The molecule has 0 aliphatic heterocycles. The highest BCUT2D eigenvalue weighted by Crippen LogP contribution is 2.36. The zero-order valence-electron chi connectivity index (χ0n) is 17.4. The number of hydrogen-bond acceptors (Lipinski definition) is 7. The first-order chi connectivity index (χ1) is 15.6. The second-order valence-corrected chi connectivity index (χ2v) is 9.50. The van der Waals surface area contributed by atoms with Crippen LogP contribution in [0.5, 0.6) is 0 Å². The van der Waals surface area contributed by atoms with Crippen molar-refractivity contribution in [2.45, 2.75) is 42.4 Å². The Morgan fingerprint density at radius 3 is 2.48 bits per heavy atom. The lowest BCUT2D eigenvalue weighted by Gasteiger charge is -2.14. The van der Waals surface area contributed by atoms with Crippen molar-refractivity contribution in [1.82, 2.24) is 24.5 Å². The highest BCUT2D eigenvalue weighted by atomic mass is 32.2. The van der Waals surface area contributed by atoms with Crippen molar-refractivity contribution < 1.29 is 26.7 Å². The molecule has 2 unspecified atom stereocenters. The van der Waals surface area contributed by atoms with E-state index in [1.54, 1.807) is 0 Å². The average Bonchev–Trinajstić information content (AvgIpc) is 3.42. The zero-order chi connectivity index (χ0) is 23.8. The van der Waals surface area contributed by atoms with Crippen molar-refractivity contribution >= 4 is 21.7 Å². The Bertz CT molecular complexity index is 1240. The molecule has 1 aliphatic carbocycles. The molecule has 0 spiro atoms. The number of rotatable bonds is 6. The lowest BCUT2D eigenvalue weighted by molar-refractivity contribution is -0.138. The van der Waals surface area contributed by atoms with E-state index < -0.39 is 33.7 Å². The second-order valence-electron chi connectivity index (χ2n) is 7.61. The fraction of sp³-hybridized carbons (Fsp3) is 0.350. The minimum atomic E-state index is -4.71. The Hall–Kier alpha value is -3.03. The normalized spacial score (nSPS) is 19.1. The van der Waals surface area contributed by atoms with Crippen LogP contribution in [-0.2, 0) is 16.2 Å². The van der Waals surface area contributed by atoms with Crippen LogP contribution in [0.15, 0.2) is 47.8 Å². The molecule has 4 rings (SSSR count). The number of halogens is 3. The highest BCUT2D eigenvalue weighted by Gasteiger charge is 2.36. The number of alkyl halides is 3. The SMILES string of the molecule is CNS(=O)(=O)c1ccc(Nc2ncc(C(F)(F)F)c(-n3cc(C4CCCC4O)cn3)n2)cc1. The van der Waals surface area contributed by atoms with Crippen LogP contribution < -0.4 is 10.0 Å². The highest BCUT2D eigenvalue weighted by molar-refractivity contribution is 7.89. The molecule has 3 aromatic rings. The predicted molar refractivity (Wildman–Crippen MR) is 113 cm³/mol. The van der Waals surface area contributed by atoms with Gasteiger partial charge in [0.2, 0.25) is 16.0 Å². The summed E-state index contributed by atoms with van der Waals surface area (Å²) in [5.74, 6) is -0.770. The molecule has 2 aromatic heterocycles. The summed E-state index contributed by atoms with van der Waals surface area (Å²) in [5.41, 5.74) is -0.0429. The summed E-state index contributed by atoms with van der Waals surface area (Å²) in [6.45, 7) is 0. The first-order valence-electron chi connectivity index (χ1n) is 10.1. The van der Waals surface area contributed by atoms with Crippen molar-refractivity contribution in [3.05, 3.63) is 54.0 Å². The summed E-state index contributed by atoms with van der Waals surface area (Å²) in [7, 11) is -2.34. The maximum absolute atomic E-state index is 13.6. The van der Waals surface area contributed by atoms with Crippen molar-refractivity contribution in [3.8, 4) is 5.82 Å². The molecule has 13 heteroatoms. The van der Waals surface area contributed by atoms with Crippen molar-refractivity contribution in [3.63, 3.8) is 0 Å². The Kier molecular flexibility index (Phi) is 6.12. The van der Waals surface area contributed by atoms with Crippen LogP contribution in [0.1, 0.15) is 36.3 Å². The largest absolute Gasteiger partial charge is 0.421 e. The molecule has 0 saturated heterocycles. The maximum Gasteiger partial charge on any atom is 0.421 e. The van der Waals surface area contributed by atoms with Crippen LogP contribution in [0.2, 0.25) is 0 Å². The van der Waals surface area contributed by atoms with Crippen LogP contribution in [0.25, 0.3) is 5.82 Å². The molecule has 1 saturated carbocycles. The molecule has 9 nitrogen and oxygen atoms in total. The number of nitrogens with zero attached hydrogens (tertiary/aromatic N) is 4. The molecule has 1 aliphatic rings. The minimum Gasteiger partial charge on any atom is -0.392 e. The van der Waals surface area contributed by atoms with Crippen molar-refractivity contribution in [1.29, 1.82) is 0 Å². The number of hydrogen-bond donors (Lipinski definition) is 3. The third-order valence-electron chi connectivity index (χ3n) is 5.49. The molecule has 0 bridgehead atoms. The smallest absolute Gasteiger partial charge is 0.392 e. The number of aliphatic hydroxyl groups excluding tert-OH is 1. The van der Waals surface area contributed by atoms with E-state index in [-0.39, 0.29) is 16.8 Å². The van der Waals surface area contributed by atoms with E-state index >= 15 is 0 Å². The summed E-state index contributed by atoms with van der Waals surface area (Å²) in [6, 6.07) is 5.56. The first-order valence-corrected chi connectivity index (χ1v) is 11.5. The molecule has 33 heavy (non-hydrogen) atoms. The van der Waals surface area contributed by atoms with E-state index in [9.17, 15) is 26.7 Å². The Morgan fingerprint density at radius 2 is 1.88 bits per heavy atom. The van der Waals surface area contributed by atoms with Gasteiger partial charge in [-0.05, 0) is 49.7 Å². The summed E-state index contributed by atoms with van der Waals surface area (Å²) in [4.78, 5) is 7.80. The van der Waals surface area contributed by atoms with E-state index in [4.69, 9.17) is 0 Å². The van der Waals surface area contributed by atoms with Crippen LogP contribution >= 0.6 is 0 Å². The van der Waals surface area contributed by atoms with Crippen LogP contribution in [0.4, 0.5) is 24.8 Å². The Balaban J connectivity index is 1.66. The number of nitrogens with one attached hydrogen (secondary N) is 2. The zero-order valence-corrected chi connectivity index (χ0v) is 18.2. The van der Waals surface area contributed by atoms with E-state index in [0.29, 0.717) is 23.9 Å². The number of sulfonamides is 1. The molecular weight excluding hydrogens is 461 g/mol. The molecule has 176 valence electrons.